The van der Waals surface area contributed by atoms with Crippen molar-refractivity contribution in [2.24, 2.45) is 0 Å². The van der Waals surface area contributed by atoms with Gasteiger partial charge in [-0.15, -0.1) is 0 Å². The van der Waals surface area contributed by atoms with Crippen molar-refractivity contribution in [3.05, 3.63) is 48.5 Å². The number of carbonyl (C=O) groups excluding carboxylic acids is 1. The van der Waals surface area contributed by atoms with Gasteiger partial charge in [0.2, 0.25) is 5.82 Å². The van der Waals surface area contributed by atoms with Gasteiger partial charge < -0.3 is 15.0 Å². The number of hydrogen-bond acceptors (Lipinski definition) is 9. The topological polar surface area (TPSA) is 130 Å². The standard InChI is InChI=1S/C13H10N6O3/c14-11-10(16-4-5-17-11)13(20)21-7-9-18-12(19-22-9)8-2-1-3-15-6-8/h1-6H,7H2,(H2,14,17). The molecule has 0 bridgehead atoms. The minimum absolute atomic E-state index is 0.00548. The average molecular weight is 298 g/mol. The van der Waals surface area contributed by atoms with Gasteiger partial charge in [0.05, 0.1) is 0 Å². The second-order valence-corrected chi connectivity index (χ2v) is 4.12. The fourth-order valence-corrected chi connectivity index (χ4v) is 1.63. The summed E-state index contributed by atoms with van der Waals surface area (Å²) in [5.74, 6) is -0.214. The maximum Gasteiger partial charge on any atom is 0.361 e. The first-order chi connectivity index (χ1) is 10.7. The fourth-order valence-electron chi connectivity index (χ4n) is 1.63. The third-order valence-electron chi connectivity index (χ3n) is 2.63. The van der Waals surface area contributed by atoms with E-state index < -0.39 is 5.97 Å². The molecule has 0 spiro atoms. The summed E-state index contributed by atoms with van der Waals surface area (Å²) in [5.41, 5.74) is 6.17. The molecule has 110 valence electrons. The predicted octanol–water partition coefficient (Wildman–Crippen LogP) is 0.861. The molecule has 0 atom stereocenters. The van der Waals surface area contributed by atoms with Crippen molar-refractivity contribution < 1.29 is 14.1 Å². The highest BCUT2D eigenvalue weighted by molar-refractivity contribution is 5.91. The van der Waals surface area contributed by atoms with E-state index in [1.54, 1.807) is 24.5 Å². The zero-order chi connectivity index (χ0) is 15.4. The number of nitrogens with two attached hydrogens (primary N) is 1. The van der Waals surface area contributed by atoms with Crippen molar-refractivity contribution in [2.75, 3.05) is 5.73 Å². The third-order valence-corrected chi connectivity index (χ3v) is 2.63. The van der Waals surface area contributed by atoms with Crippen LogP contribution in [0.3, 0.4) is 0 Å². The van der Waals surface area contributed by atoms with Crippen molar-refractivity contribution in [1.29, 1.82) is 0 Å². The summed E-state index contributed by atoms with van der Waals surface area (Å²) in [7, 11) is 0. The van der Waals surface area contributed by atoms with Gasteiger partial charge in [-0.3, -0.25) is 4.98 Å². The van der Waals surface area contributed by atoms with E-state index >= 15 is 0 Å². The van der Waals surface area contributed by atoms with E-state index in [4.69, 9.17) is 15.0 Å². The van der Waals surface area contributed by atoms with Crippen LogP contribution in [0.4, 0.5) is 5.82 Å². The highest BCUT2D eigenvalue weighted by Gasteiger charge is 2.16. The summed E-state index contributed by atoms with van der Waals surface area (Å²) in [5, 5.41) is 3.78. The molecule has 3 rings (SSSR count). The van der Waals surface area contributed by atoms with Gasteiger partial charge >= 0.3 is 5.97 Å². The lowest BCUT2D eigenvalue weighted by Gasteiger charge is -2.02. The molecule has 0 aliphatic rings. The van der Waals surface area contributed by atoms with E-state index in [-0.39, 0.29) is 24.0 Å². The van der Waals surface area contributed by atoms with Crippen molar-refractivity contribution >= 4 is 11.8 Å². The molecule has 0 aliphatic carbocycles. The van der Waals surface area contributed by atoms with Gasteiger partial charge in [0.25, 0.3) is 5.89 Å². The monoisotopic (exact) mass is 298 g/mol. The summed E-state index contributed by atoms with van der Waals surface area (Å²) < 4.78 is 10.0. The SMILES string of the molecule is Nc1nccnc1C(=O)OCc1nc(-c2cccnc2)no1. The van der Waals surface area contributed by atoms with Crippen LogP contribution in [0.2, 0.25) is 0 Å². The Bertz CT molecular complexity index is 789. The van der Waals surface area contributed by atoms with Gasteiger partial charge in [-0.05, 0) is 12.1 Å². The highest BCUT2D eigenvalue weighted by atomic mass is 16.6. The van der Waals surface area contributed by atoms with E-state index in [9.17, 15) is 4.79 Å². The Hall–Kier alpha value is -3.36. The van der Waals surface area contributed by atoms with Gasteiger partial charge in [0, 0.05) is 30.4 Å². The molecule has 0 fully saturated rings. The number of rotatable bonds is 4. The minimum atomic E-state index is -0.716. The number of esters is 1. The van der Waals surface area contributed by atoms with E-state index in [1.165, 1.54) is 12.4 Å². The largest absolute Gasteiger partial charge is 0.451 e. The van der Waals surface area contributed by atoms with Crippen LogP contribution in [-0.4, -0.2) is 31.1 Å². The molecule has 0 aromatic carbocycles. The van der Waals surface area contributed by atoms with Crippen LogP contribution in [-0.2, 0) is 11.3 Å². The summed E-state index contributed by atoms with van der Waals surface area (Å²) in [4.78, 5) is 27.4. The molecule has 3 aromatic heterocycles. The van der Waals surface area contributed by atoms with Gasteiger partial charge in [-0.25, -0.2) is 14.8 Å². The Labute approximate surface area is 124 Å². The molecular formula is C13H10N6O3. The molecule has 0 saturated carbocycles. The van der Waals surface area contributed by atoms with Crippen LogP contribution >= 0.6 is 0 Å². The fraction of sp³-hybridized carbons (Fsp3) is 0.0769. The van der Waals surface area contributed by atoms with Crippen LogP contribution < -0.4 is 5.73 Å². The molecular weight excluding hydrogens is 288 g/mol. The van der Waals surface area contributed by atoms with Crippen molar-refractivity contribution in [3.63, 3.8) is 0 Å². The number of nitrogens with zero attached hydrogens (tertiary/aromatic N) is 5. The second kappa shape index (κ2) is 5.95. The average Bonchev–Trinajstić information content (AvgIpc) is 3.03. The Balaban J connectivity index is 1.67. The first-order valence-corrected chi connectivity index (χ1v) is 6.20. The summed E-state index contributed by atoms with van der Waals surface area (Å²) in [6.45, 7) is -0.192. The Kier molecular flexibility index (Phi) is 3.69. The third kappa shape index (κ3) is 2.87. The molecule has 3 aromatic rings. The Morgan fingerprint density at radius 3 is 2.91 bits per heavy atom. The first kappa shape index (κ1) is 13.6. The maximum absolute atomic E-state index is 11.8. The van der Waals surface area contributed by atoms with Crippen molar-refractivity contribution in [2.45, 2.75) is 6.61 Å². The molecule has 0 radical (unpaired) electrons. The Morgan fingerprint density at radius 1 is 1.27 bits per heavy atom. The molecule has 2 N–H and O–H groups in total. The molecule has 0 saturated heterocycles. The van der Waals surface area contributed by atoms with Gasteiger partial charge in [0.1, 0.15) is 0 Å². The molecule has 9 heteroatoms. The number of pyridine rings is 1. The van der Waals surface area contributed by atoms with Crippen LogP contribution in [0.5, 0.6) is 0 Å². The molecule has 0 aliphatic heterocycles. The summed E-state index contributed by atoms with van der Waals surface area (Å²) in [6, 6.07) is 3.54. The molecule has 0 unspecified atom stereocenters. The number of aromatic nitrogens is 5. The minimum Gasteiger partial charge on any atom is -0.451 e. The lowest BCUT2D eigenvalue weighted by molar-refractivity contribution is 0.0424. The maximum atomic E-state index is 11.8. The quantitative estimate of drug-likeness (QED) is 0.696. The van der Waals surface area contributed by atoms with Crippen molar-refractivity contribution in [3.8, 4) is 11.4 Å². The number of anilines is 1. The van der Waals surface area contributed by atoms with E-state index in [2.05, 4.69) is 25.1 Å². The lowest BCUT2D eigenvalue weighted by atomic mass is 10.3. The van der Waals surface area contributed by atoms with Crippen LogP contribution in [0.25, 0.3) is 11.4 Å². The lowest BCUT2D eigenvalue weighted by Crippen LogP contribution is -2.11. The zero-order valence-electron chi connectivity index (χ0n) is 11.2. The zero-order valence-corrected chi connectivity index (χ0v) is 11.2. The van der Waals surface area contributed by atoms with Gasteiger partial charge in [-0.1, -0.05) is 5.16 Å². The number of ether oxygens (including phenoxy) is 1. The number of nitrogen functional groups attached to an aromatic ring is 1. The van der Waals surface area contributed by atoms with E-state index in [1.807, 2.05) is 0 Å². The number of hydrogen-bond donors (Lipinski definition) is 1. The second-order valence-electron chi connectivity index (χ2n) is 4.12. The molecule has 0 amide bonds. The first-order valence-electron chi connectivity index (χ1n) is 6.20. The van der Waals surface area contributed by atoms with Crippen LogP contribution in [0.15, 0.2) is 41.4 Å². The van der Waals surface area contributed by atoms with Crippen LogP contribution in [0.1, 0.15) is 16.4 Å². The summed E-state index contributed by atoms with van der Waals surface area (Å²) >= 11 is 0. The number of carbonyl (C=O) groups is 1. The summed E-state index contributed by atoms with van der Waals surface area (Å²) in [6.07, 6.45) is 5.96. The van der Waals surface area contributed by atoms with Gasteiger partial charge in [0.15, 0.2) is 18.1 Å². The normalized spacial score (nSPS) is 10.4. The molecule has 9 nitrogen and oxygen atoms in total. The Morgan fingerprint density at radius 2 is 2.14 bits per heavy atom. The van der Waals surface area contributed by atoms with Gasteiger partial charge in [-0.2, -0.15) is 4.98 Å². The van der Waals surface area contributed by atoms with Crippen LogP contribution in [0, 0.1) is 0 Å². The molecule has 3 heterocycles. The molecule has 22 heavy (non-hydrogen) atoms. The van der Waals surface area contributed by atoms with E-state index in [0.717, 1.165) is 0 Å². The smallest absolute Gasteiger partial charge is 0.361 e. The van der Waals surface area contributed by atoms with Crippen molar-refractivity contribution in [1.82, 2.24) is 25.1 Å². The van der Waals surface area contributed by atoms with E-state index in [0.29, 0.717) is 11.4 Å². The predicted molar refractivity (Wildman–Crippen MR) is 73.1 cm³/mol. The highest BCUT2D eigenvalue weighted by Crippen LogP contribution is 2.14.